The third-order valence-electron chi connectivity index (χ3n) is 1.26. The number of nitrogens with zero attached hydrogens (tertiary/aromatic N) is 1. The van der Waals surface area contributed by atoms with E-state index in [2.05, 4.69) is 10.3 Å². The predicted molar refractivity (Wildman–Crippen MR) is 43.4 cm³/mol. The average molecular weight is 150 g/mol. The maximum absolute atomic E-state index is 10.2. The van der Waals surface area contributed by atoms with E-state index < -0.39 is 0 Å². The molecule has 1 rings (SSSR count). The number of carbonyl (C=O) groups excluding carboxylic acids is 1. The summed E-state index contributed by atoms with van der Waals surface area (Å²) in [5, 5.41) is 2.96. The summed E-state index contributed by atoms with van der Waals surface area (Å²) in [6.07, 6.45) is 4.23. The number of anilines is 1. The van der Waals surface area contributed by atoms with Crippen LogP contribution in [0.2, 0.25) is 0 Å². The van der Waals surface area contributed by atoms with Crippen molar-refractivity contribution in [3.63, 3.8) is 0 Å². The molecule has 0 amide bonds. The maximum atomic E-state index is 10.2. The monoisotopic (exact) mass is 150 g/mol. The van der Waals surface area contributed by atoms with Crippen molar-refractivity contribution < 1.29 is 4.79 Å². The molecule has 3 heteroatoms. The third-order valence-corrected chi connectivity index (χ3v) is 1.26. The summed E-state index contributed by atoms with van der Waals surface area (Å²) in [6, 6.07) is 3.53. The molecule has 0 spiro atoms. The van der Waals surface area contributed by atoms with Crippen LogP contribution in [0.25, 0.3) is 0 Å². The van der Waals surface area contributed by atoms with E-state index >= 15 is 0 Å². The third kappa shape index (κ3) is 2.37. The van der Waals surface area contributed by atoms with Gasteiger partial charge in [-0.25, -0.2) is 0 Å². The molecule has 0 aliphatic heterocycles. The van der Waals surface area contributed by atoms with Gasteiger partial charge in [0.1, 0.15) is 6.29 Å². The molecule has 0 saturated heterocycles. The van der Waals surface area contributed by atoms with Crippen LogP contribution in [0.5, 0.6) is 0 Å². The fourth-order valence-corrected chi connectivity index (χ4v) is 0.745. The first-order valence-electron chi connectivity index (χ1n) is 3.45. The molecule has 1 N–H and O–H groups in total. The van der Waals surface area contributed by atoms with Gasteiger partial charge in [0.25, 0.3) is 0 Å². The molecule has 1 heterocycles. The Morgan fingerprint density at radius 2 is 2.55 bits per heavy atom. The number of hydrogen-bond acceptors (Lipinski definition) is 3. The zero-order valence-electron chi connectivity index (χ0n) is 6.32. The molecule has 0 fully saturated rings. The van der Waals surface area contributed by atoms with Crippen molar-refractivity contribution in [2.24, 2.45) is 0 Å². The Morgan fingerprint density at radius 1 is 1.73 bits per heavy atom. The number of nitrogens with one attached hydrogen (secondary N) is 1. The van der Waals surface area contributed by atoms with Crippen molar-refractivity contribution in [3.8, 4) is 0 Å². The van der Waals surface area contributed by atoms with Crippen molar-refractivity contribution in [2.45, 2.75) is 13.0 Å². The van der Waals surface area contributed by atoms with E-state index in [0.717, 1.165) is 12.0 Å². The minimum atomic E-state index is -0.154. The van der Waals surface area contributed by atoms with E-state index in [1.54, 1.807) is 19.3 Å². The van der Waals surface area contributed by atoms with Crippen LogP contribution in [0.15, 0.2) is 24.5 Å². The van der Waals surface area contributed by atoms with E-state index in [4.69, 9.17) is 0 Å². The van der Waals surface area contributed by atoms with Crippen LogP contribution in [0.4, 0.5) is 5.69 Å². The number of rotatable bonds is 3. The van der Waals surface area contributed by atoms with Gasteiger partial charge in [-0.15, -0.1) is 0 Å². The molecule has 0 bridgehead atoms. The smallest absolute Gasteiger partial charge is 0.141 e. The molecule has 0 radical (unpaired) electrons. The van der Waals surface area contributed by atoms with E-state index in [1.807, 2.05) is 12.1 Å². The molecule has 1 aromatic rings. The zero-order chi connectivity index (χ0) is 8.10. The molecule has 0 saturated carbocycles. The molecule has 0 unspecified atom stereocenters. The molecule has 11 heavy (non-hydrogen) atoms. The number of pyridine rings is 1. The second-order valence-electron chi connectivity index (χ2n) is 2.31. The summed E-state index contributed by atoms with van der Waals surface area (Å²) in [4.78, 5) is 14.1. The lowest BCUT2D eigenvalue weighted by Crippen LogP contribution is -2.15. The van der Waals surface area contributed by atoms with Gasteiger partial charge in [-0.3, -0.25) is 4.98 Å². The zero-order valence-corrected chi connectivity index (χ0v) is 6.32. The van der Waals surface area contributed by atoms with Gasteiger partial charge < -0.3 is 10.1 Å². The summed E-state index contributed by atoms with van der Waals surface area (Å²) in [6.45, 7) is 1.79. The van der Waals surface area contributed by atoms with Crippen LogP contribution in [0.3, 0.4) is 0 Å². The van der Waals surface area contributed by atoms with Crippen molar-refractivity contribution in [3.05, 3.63) is 24.5 Å². The summed E-state index contributed by atoms with van der Waals surface area (Å²) in [5.74, 6) is 0. The highest BCUT2D eigenvalue weighted by molar-refractivity contribution is 5.63. The van der Waals surface area contributed by atoms with Crippen LogP contribution in [-0.4, -0.2) is 17.3 Å². The van der Waals surface area contributed by atoms with Gasteiger partial charge in [0, 0.05) is 12.4 Å². The van der Waals surface area contributed by atoms with Gasteiger partial charge in [-0.05, 0) is 19.1 Å². The number of aldehydes is 1. The van der Waals surface area contributed by atoms with Crippen molar-refractivity contribution in [2.75, 3.05) is 5.32 Å². The Labute approximate surface area is 65.5 Å². The molecule has 0 aromatic carbocycles. The van der Waals surface area contributed by atoms with E-state index in [0.29, 0.717) is 0 Å². The lowest BCUT2D eigenvalue weighted by molar-refractivity contribution is -0.108. The van der Waals surface area contributed by atoms with Gasteiger partial charge in [-0.1, -0.05) is 0 Å². The minimum absolute atomic E-state index is 0.154. The normalized spacial score (nSPS) is 12.1. The van der Waals surface area contributed by atoms with E-state index in [1.165, 1.54) is 0 Å². The summed E-state index contributed by atoms with van der Waals surface area (Å²) >= 11 is 0. The average Bonchev–Trinajstić information content (AvgIpc) is 2.06. The Hall–Kier alpha value is -1.38. The molecule has 1 atom stereocenters. The van der Waals surface area contributed by atoms with Crippen molar-refractivity contribution in [1.82, 2.24) is 4.98 Å². The lowest BCUT2D eigenvalue weighted by Gasteiger charge is -2.06. The fourth-order valence-electron chi connectivity index (χ4n) is 0.745. The van der Waals surface area contributed by atoms with E-state index in [9.17, 15) is 4.79 Å². The molecule has 0 aliphatic rings. The first-order chi connectivity index (χ1) is 5.33. The summed E-state index contributed by atoms with van der Waals surface area (Å²) < 4.78 is 0. The summed E-state index contributed by atoms with van der Waals surface area (Å²) in [5.41, 5.74) is 0.868. The Bertz CT molecular complexity index is 223. The maximum Gasteiger partial charge on any atom is 0.141 e. The van der Waals surface area contributed by atoms with Crippen LogP contribution >= 0.6 is 0 Å². The van der Waals surface area contributed by atoms with Crippen LogP contribution < -0.4 is 5.32 Å². The topological polar surface area (TPSA) is 42.0 Å². The molecule has 0 aliphatic carbocycles. The van der Waals surface area contributed by atoms with Gasteiger partial charge in [-0.2, -0.15) is 0 Å². The largest absolute Gasteiger partial charge is 0.375 e. The molecule has 58 valence electrons. The highest BCUT2D eigenvalue weighted by Crippen LogP contribution is 2.03. The van der Waals surface area contributed by atoms with Gasteiger partial charge in [0.15, 0.2) is 0 Å². The molecule has 3 nitrogen and oxygen atoms in total. The Morgan fingerprint density at radius 3 is 3.09 bits per heavy atom. The Balaban J connectivity index is 2.57. The second-order valence-corrected chi connectivity index (χ2v) is 2.31. The summed E-state index contributed by atoms with van der Waals surface area (Å²) in [7, 11) is 0. The van der Waals surface area contributed by atoms with Crippen LogP contribution in [0, 0.1) is 0 Å². The second kappa shape index (κ2) is 3.71. The lowest BCUT2D eigenvalue weighted by atomic mass is 10.3. The van der Waals surface area contributed by atoms with Crippen molar-refractivity contribution in [1.29, 1.82) is 0 Å². The molecular formula is C8H10N2O. The SMILES string of the molecule is C[C@H](C=O)Nc1cccnc1. The minimum Gasteiger partial charge on any atom is -0.375 e. The van der Waals surface area contributed by atoms with Gasteiger partial charge >= 0.3 is 0 Å². The van der Waals surface area contributed by atoms with Gasteiger partial charge in [0.2, 0.25) is 0 Å². The molecule has 1 aromatic heterocycles. The van der Waals surface area contributed by atoms with Crippen molar-refractivity contribution >= 4 is 12.0 Å². The number of aromatic nitrogens is 1. The quantitative estimate of drug-likeness (QED) is 0.655. The number of carbonyl (C=O) groups is 1. The predicted octanol–water partition coefficient (Wildman–Crippen LogP) is 1.08. The van der Waals surface area contributed by atoms with E-state index in [-0.39, 0.29) is 6.04 Å². The Kier molecular flexibility index (Phi) is 2.60. The molecular weight excluding hydrogens is 140 g/mol. The van der Waals surface area contributed by atoms with Crippen LogP contribution in [0.1, 0.15) is 6.92 Å². The van der Waals surface area contributed by atoms with Crippen LogP contribution in [-0.2, 0) is 4.79 Å². The standard InChI is InChI=1S/C8H10N2O/c1-7(6-11)10-8-3-2-4-9-5-8/h2-7,10H,1H3/t7-/m1/s1. The first kappa shape index (κ1) is 7.72. The number of hydrogen-bond donors (Lipinski definition) is 1. The van der Waals surface area contributed by atoms with Gasteiger partial charge in [0.05, 0.1) is 11.7 Å². The highest BCUT2D eigenvalue weighted by atomic mass is 16.1. The highest BCUT2D eigenvalue weighted by Gasteiger charge is 1.96. The first-order valence-corrected chi connectivity index (χ1v) is 3.45. The fraction of sp³-hybridized carbons (Fsp3) is 0.250.